The van der Waals surface area contributed by atoms with Gasteiger partial charge in [0.15, 0.2) is 0 Å². The molecule has 6 nitrogen and oxygen atoms in total. The Balaban J connectivity index is 2.00. The Morgan fingerprint density at radius 1 is 1.08 bits per heavy atom. The van der Waals surface area contributed by atoms with Crippen LogP contribution in [-0.2, 0) is 10.0 Å². The summed E-state index contributed by atoms with van der Waals surface area (Å²) in [6, 6.07) is 12.5. The van der Waals surface area contributed by atoms with Crippen molar-refractivity contribution in [1.29, 1.82) is 0 Å². The van der Waals surface area contributed by atoms with Crippen molar-refractivity contribution < 1.29 is 12.8 Å². The van der Waals surface area contributed by atoms with Crippen molar-refractivity contribution in [2.75, 3.05) is 0 Å². The van der Waals surface area contributed by atoms with Gasteiger partial charge in [-0.05, 0) is 36.4 Å². The summed E-state index contributed by atoms with van der Waals surface area (Å²) in [5.41, 5.74) is 0.336. The SMILES string of the molecule is NS(=O)(=O)c1ccc(N=Cc2c(Cl)c3ccccc3oc2=O)cc1. The van der Waals surface area contributed by atoms with Gasteiger partial charge in [0.25, 0.3) is 0 Å². The summed E-state index contributed by atoms with van der Waals surface area (Å²) >= 11 is 6.25. The zero-order chi connectivity index (χ0) is 17.3. The van der Waals surface area contributed by atoms with Crippen LogP contribution in [-0.4, -0.2) is 14.6 Å². The molecule has 3 rings (SSSR count). The molecule has 0 radical (unpaired) electrons. The Kier molecular flexibility index (Phi) is 4.23. The number of hydrogen-bond acceptors (Lipinski definition) is 5. The van der Waals surface area contributed by atoms with Crippen molar-refractivity contribution in [3.63, 3.8) is 0 Å². The van der Waals surface area contributed by atoms with Crippen LogP contribution in [0.2, 0.25) is 5.02 Å². The van der Waals surface area contributed by atoms with Crippen molar-refractivity contribution in [2.24, 2.45) is 10.1 Å². The Labute approximate surface area is 142 Å². The maximum absolute atomic E-state index is 12.0. The fraction of sp³-hybridized carbons (Fsp3) is 0. The van der Waals surface area contributed by atoms with Crippen LogP contribution >= 0.6 is 11.6 Å². The van der Waals surface area contributed by atoms with Crippen LogP contribution in [0.15, 0.2) is 67.6 Å². The summed E-state index contributed by atoms with van der Waals surface area (Å²) in [7, 11) is -3.76. The molecule has 0 amide bonds. The molecule has 0 unspecified atom stereocenters. The minimum absolute atomic E-state index is 0.0234. The normalized spacial score (nSPS) is 12.1. The van der Waals surface area contributed by atoms with Gasteiger partial charge in [-0.15, -0.1) is 0 Å². The molecule has 8 heteroatoms. The lowest BCUT2D eigenvalue weighted by Crippen LogP contribution is -2.11. The molecular formula is C16H11ClN2O4S. The highest BCUT2D eigenvalue weighted by Crippen LogP contribution is 2.24. The second-order valence-electron chi connectivity index (χ2n) is 4.91. The number of nitrogens with zero attached hydrogens (tertiary/aromatic N) is 1. The highest BCUT2D eigenvalue weighted by atomic mass is 35.5. The average molecular weight is 363 g/mol. The van der Waals surface area contributed by atoms with Crippen LogP contribution in [0.4, 0.5) is 5.69 Å². The molecule has 24 heavy (non-hydrogen) atoms. The van der Waals surface area contributed by atoms with Crippen LogP contribution in [0.5, 0.6) is 0 Å². The Morgan fingerprint density at radius 3 is 2.42 bits per heavy atom. The van der Waals surface area contributed by atoms with E-state index in [1.165, 1.54) is 30.5 Å². The lowest BCUT2D eigenvalue weighted by Gasteiger charge is -2.02. The molecule has 1 heterocycles. The van der Waals surface area contributed by atoms with Gasteiger partial charge < -0.3 is 4.42 Å². The van der Waals surface area contributed by atoms with E-state index >= 15 is 0 Å². The molecule has 0 fully saturated rings. The quantitative estimate of drug-likeness (QED) is 0.571. The number of primary sulfonamides is 1. The summed E-state index contributed by atoms with van der Waals surface area (Å²) in [5, 5.41) is 5.87. The minimum Gasteiger partial charge on any atom is -0.422 e. The third kappa shape index (κ3) is 3.23. The lowest BCUT2D eigenvalue weighted by atomic mass is 10.2. The fourth-order valence-electron chi connectivity index (χ4n) is 2.10. The largest absolute Gasteiger partial charge is 0.422 e. The van der Waals surface area contributed by atoms with Gasteiger partial charge in [-0.1, -0.05) is 23.7 Å². The van der Waals surface area contributed by atoms with E-state index in [9.17, 15) is 13.2 Å². The highest BCUT2D eigenvalue weighted by molar-refractivity contribution is 7.89. The average Bonchev–Trinajstić information content (AvgIpc) is 2.54. The molecule has 2 N–H and O–H groups in total. The molecule has 0 saturated heterocycles. The van der Waals surface area contributed by atoms with Crippen LogP contribution in [0, 0.1) is 0 Å². The first-order chi connectivity index (χ1) is 11.4. The minimum atomic E-state index is -3.76. The molecule has 1 aromatic heterocycles. The Hall–Kier alpha value is -2.48. The smallest absolute Gasteiger partial charge is 0.346 e. The number of fused-ring (bicyclic) bond motifs is 1. The van der Waals surface area contributed by atoms with Crippen molar-refractivity contribution in [3.05, 3.63) is 69.5 Å². The van der Waals surface area contributed by atoms with Crippen LogP contribution < -0.4 is 10.8 Å². The summed E-state index contributed by atoms with van der Waals surface area (Å²) < 4.78 is 27.6. The van der Waals surface area contributed by atoms with E-state index in [4.69, 9.17) is 21.2 Å². The van der Waals surface area contributed by atoms with E-state index in [0.717, 1.165) is 0 Å². The van der Waals surface area contributed by atoms with E-state index in [1.807, 2.05) is 0 Å². The highest BCUT2D eigenvalue weighted by Gasteiger charge is 2.11. The zero-order valence-electron chi connectivity index (χ0n) is 12.1. The molecule has 3 aromatic rings. The number of benzene rings is 2. The number of aliphatic imine (C=N–C) groups is 1. The number of hydrogen-bond donors (Lipinski definition) is 1. The van der Waals surface area contributed by atoms with E-state index in [2.05, 4.69) is 4.99 Å². The first kappa shape index (κ1) is 16.4. The van der Waals surface area contributed by atoms with E-state index < -0.39 is 15.6 Å². The van der Waals surface area contributed by atoms with Crippen LogP contribution in [0.1, 0.15) is 5.56 Å². The summed E-state index contributed by atoms with van der Waals surface area (Å²) in [6.45, 7) is 0. The van der Waals surface area contributed by atoms with E-state index in [0.29, 0.717) is 16.7 Å². The van der Waals surface area contributed by atoms with Crippen LogP contribution in [0.25, 0.3) is 11.0 Å². The van der Waals surface area contributed by atoms with E-state index in [1.54, 1.807) is 24.3 Å². The van der Waals surface area contributed by atoms with Gasteiger partial charge in [0, 0.05) is 11.6 Å². The first-order valence-electron chi connectivity index (χ1n) is 6.74. The maximum atomic E-state index is 12.0. The molecule has 0 saturated carbocycles. The topological polar surface area (TPSA) is 103 Å². The molecule has 0 aliphatic carbocycles. The molecule has 0 aliphatic rings. The van der Waals surface area contributed by atoms with Gasteiger partial charge in [0.05, 0.1) is 21.2 Å². The third-order valence-corrected chi connectivity index (χ3v) is 4.63. The van der Waals surface area contributed by atoms with Gasteiger partial charge >= 0.3 is 5.63 Å². The predicted octanol–water partition coefficient (Wildman–Crippen LogP) is 2.84. The summed E-state index contributed by atoms with van der Waals surface area (Å²) in [4.78, 5) is 16.1. The molecule has 122 valence electrons. The van der Waals surface area contributed by atoms with Crippen molar-refractivity contribution >= 4 is 44.5 Å². The van der Waals surface area contributed by atoms with Crippen molar-refractivity contribution in [2.45, 2.75) is 4.90 Å². The standard InChI is InChI=1S/C16H11ClN2O4S/c17-15-12-3-1-2-4-14(12)23-16(20)13(15)9-19-10-5-7-11(8-6-10)24(18,21)22/h1-9H,(H2,18,21,22). The first-order valence-corrected chi connectivity index (χ1v) is 8.67. The molecule has 0 aliphatic heterocycles. The molecule has 0 spiro atoms. The zero-order valence-corrected chi connectivity index (χ0v) is 13.7. The number of para-hydroxylation sites is 1. The summed E-state index contributed by atoms with van der Waals surface area (Å²) in [6.07, 6.45) is 1.28. The van der Waals surface area contributed by atoms with Crippen LogP contribution in [0.3, 0.4) is 0 Å². The van der Waals surface area contributed by atoms with Gasteiger partial charge in [-0.25, -0.2) is 18.4 Å². The Morgan fingerprint density at radius 2 is 1.75 bits per heavy atom. The lowest BCUT2D eigenvalue weighted by molar-refractivity contribution is 0.560. The van der Waals surface area contributed by atoms with Crippen molar-refractivity contribution in [1.82, 2.24) is 0 Å². The molecule has 0 atom stereocenters. The van der Waals surface area contributed by atoms with Gasteiger partial charge in [0.1, 0.15) is 5.58 Å². The maximum Gasteiger partial charge on any atom is 0.346 e. The summed E-state index contributed by atoms with van der Waals surface area (Å²) in [5.74, 6) is 0. The number of rotatable bonds is 3. The predicted molar refractivity (Wildman–Crippen MR) is 92.6 cm³/mol. The van der Waals surface area contributed by atoms with E-state index in [-0.39, 0.29) is 15.5 Å². The molecule has 0 bridgehead atoms. The third-order valence-electron chi connectivity index (χ3n) is 3.29. The van der Waals surface area contributed by atoms with Gasteiger partial charge in [-0.2, -0.15) is 0 Å². The number of halogens is 1. The number of nitrogens with two attached hydrogens (primary N) is 1. The van der Waals surface area contributed by atoms with Crippen molar-refractivity contribution in [3.8, 4) is 0 Å². The van der Waals surface area contributed by atoms with Gasteiger partial charge in [-0.3, -0.25) is 4.99 Å². The molecule has 2 aromatic carbocycles. The monoisotopic (exact) mass is 362 g/mol. The second-order valence-corrected chi connectivity index (χ2v) is 6.85. The van der Waals surface area contributed by atoms with Gasteiger partial charge in [0.2, 0.25) is 10.0 Å². The fourth-order valence-corrected chi connectivity index (χ4v) is 2.89. The Bertz CT molecular complexity index is 1100. The number of sulfonamides is 1. The second kappa shape index (κ2) is 6.20. The molecular weight excluding hydrogens is 352 g/mol.